The second kappa shape index (κ2) is 7.95. The molecule has 2 aliphatic carbocycles. The first-order valence-electron chi connectivity index (χ1n) is 9.71. The molecule has 0 spiro atoms. The zero-order valence-corrected chi connectivity index (χ0v) is 16.8. The van der Waals surface area contributed by atoms with Crippen LogP contribution in [0.4, 0.5) is 0 Å². The maximum Gasteiger partial charge on any atom is 0.265 e. The Bertz CT molecular complexity index is 915. The van der Waals surface area contributed by atoms with Gasteiger partial charge < -0.3 is 25.2 Å². The lowest BCUT2D eigenvalue weighted by Gasteiger charge is -2.46. The maximum absolute atomic E-state index is 13.4. The van der Waals surface area contributed by atoms with Crippen molar-refractivity contribution in [3.63, 3.8) is 0 Å². The highest BCUT2D eigenvalue weighted by atomic mass is 32.2. The molecule has 154 valence electrons. The number of nitrogens with zero attached hydrogens (tertiary/aromatic N) is 1. The van der Waals surface area contributed by atoms with Crippen molar-refractivity contribution in [3.8, 4) is 5.88 Å². The van der Waals surface area contributed by atoms with Crippen molar-refractivity contribution >= 4 is 17.5 Å². The summed E-state index contributed by atoms with van der Waals surface area (Å²) < 4.78 is 10.9. The van der Waals surface area contributed by atoms with Gasteiger partial charge in [0.25, 0.3) is 5.88 Å². The molecule has 0 unspecified atom stereocenters. The zero-order valence-electron chi connectivity index (χ0n) is 16.0. The van der Waals surface area contributed by atoms with E-state index in [0.29, 0.717) is 6.61 Å². The topological polar surface area (TPSA) is 119 Å². The number of benzene rings is 1. The quantitative estimate of drug-likeness (QED) is 0.485. The van der Waals surface area contributed by atoms with Gasteiger partial charge in [-0.25, -0.2) is 0 Å². The predicted octanol–water partition coefficient (Wildman–Crippen LogP) is 2.49. The second-order valence-electron chi connectivity index (χ2n) is 7.36. The third kappa shape index (κ3) is 3.30. The van der Waals surface area contributed by atoms with Crippen LogP contribution in [0, 0.1) is 5.92 Å². The number of thioether (sulfide) groups is 1. The Labute approximate surface area is 172 Å². The summed E-state index contributed by atoms with van der Waals surface area (Å²) in [5.41, 5.74) is 4.26. The highest BCUT2D eigenvalue weighted by molar-refractivity contribution is 8.00. The third-order valence-electron chi connectivity index (χ3n) is 5.50. The third-order valence-corrected chi connectivity index (χ3v) is 6.73. The van der Waals surface area contributed by atoms with E-state index >= 15 is 0 Å². The van der Waals surface area contributed by atoms with Gasteiger partial charge in [-0.3, -0.25) is 4.79 Å². The van der Waals surface area contributed by atoms with Gasteiger partial charge in [0.2, 0.25) is 5.78 Å². The van der Waals surface area contributed by atoms with E-state index in [4.69, 9.17) is 15.0 Å². The number of ether oxygens (including phenoxy) is 1. The molecule has 7 nitrogen and oxygen atoms in total. The highest BCUT2D eigenvalue weighted by Gasteiger charge is 2.61. The van der Waals surface area contributed by atoms with E-state index in [1.165, 1.54) is 11.8 Å². The fourth-order valence-electron chi connectivity index (χ4n) is 3.87. The summed E-state index contributed by atoms with van der Waals surface area (Å²) in [5, 5.41) is 25.8. The van der Waals surface area contributed by atoms with Crippen molar-refractivity contribution in [2.24, 2.45) is 11.7 Å². The van der Waals surface area contributed by atoms with Crippen molar-refractivity contribution < 1.29 is 24.3 Å². The molecule has 0 fully saturated rings. The molecule has 2 aromatic rings. The average molecular weight is 416 g/mol. The molecule has 0 saturated carbocycles. The van der Waals surface area contributed by atoms with E-state index in [9.17, 15) is 15.0 Å². The van der Waals surface area contributed by atoms with Crippen LogP contribution in [-0.2, 0) is 0 Å². The van der Waals surface area contributed by atoms with Crippen LogP contribution in [0.15, 0.2) is 51.9 Å². The Kier molecular flexibility index (Phi) is 5.52. The number of ketones is 1. The first-order valence-corrected chi connectivity index (χ1v) is 10.6. The lowest BCUT2D eigenvalue weighted by molar-refractivity contribution is -0.0851. The summed E-state index contributed by atoms with van der Waals surface area (Å²) in [7, 11) is 0. The van der Waals surface area contributed by atoms with E-state index < -0.39 is 34.7 Å². The maximum atomic E-state index is 13.4. The molecular weight excluding hydrogens is 392 g/mol. The smallest absolute Gasteiger partial charge is 0.265 e. The number of aromatic nitrogens is 1. The molecule has 1 aromatic carbocycles. The van der Waals surface area contributed by atoms with E-state index in [0.717, 1.165) is 17.7 Å². The Hall–Kier alpha value is -2.13. The van der Waals surface area contributed by atoms with Crippen molar-refractivity contribution in [1.82, 2.24) is 5.16 Å². The van der Waals surface area contributed by atoms with Gasteiger partial charge >= 0.3 is 0 Å². The number of Topliss-reactive ketones (excluding diaryl/α,β-unsaturated/α-hetero) is 1. The number of aliphatic hydroxyl groups excluding tert-OH is 1. The van der Waals surface area contributed by atoms with Gasteiger partial charge in [-0.1, -0.05) is 43.7 Å². The van der Waals surface area contributed by atoms with Crippen LogP contribution in [0.3, 0.4) is 0 Å². The fraction of sp³-hybridized carbons (Fsp3) is 0.429. The molecule has 2 aliphatic rings. The normalized spacial score (nSPS) is 30.7. The van der Waals surface area contributed by atoms with Gasteiger partial charge in [0.15, 0.2) is 11.4 Å². The Morgan fingerprint density at radius 1 is 1.31 bits per heavy atom. The number of nitrogens with two attached hydrogens (primary N) is 1. The number of rotatable bonds is 6. The van der Waals surface area contributed by atoms with E-state index in [1.54, 1.807) is 12.2 Å². The minimum Gasteiger partial charge on any atom is -0.475 e. The standard InChI is InChI=1S/C21H24N2O5S/c1-2-3-11-27-20-15-17(28-23-20)16(22)13-9-10-14(18(24)21(13,26)19(15)25)29-12-7-5-4-6-8-12/h4-10,13-14,16,18,24,26H,2-3,11,22H2,1H3/t13-,14+,16-,18+,21-/m0/s1. The van der Waals surface area contributed by atoms with Crippen molar-refractivity contribution in [2.75, 3.05) is 6.61 Å². The largest absolute Gasteiger partial charge is 0.475 e. The van der Waals surface area contributed by atoms with Gasteiger partial charge in [-0.05, 0) is 23.7 Å². The number of fused-ring (bicyclic) bond motifs is 2. The molecule has 4 rings (SSSR count). The molecule has 5 atom stereocenters. The summed E-state index contributed by atoms with van der Waals surface area (Å²) in [4.78, 5) is 14.3. The molecule has 0 saturated heterocycles. The molecule has 1 heterocycles. The van der Waals surface area contributed by atoms with Crippen molar-refractivity contribution in [2.45, 2.75) is 47.7 Å². The van der Waals surface area contributed by atoms with Gasteiger partial charge in [-0.15, -0.1) is 11.8 Å². The lowest BCUT2D eigenvalue weighted by atomic mass is 9.65. The molecule has 8 heteroatoms. The average Bonchev–Trinajstić information content (AvgIpc) is 3.15. The minimum absolute atomic E-state index is 0.0230. The molecule has 0 radical (unpaired) electrons. The first-order chi connectivity index (χ1) is 14.0. The number of carbonyl (C=O) groups is 1. The summed E-state index contributed by atoms with van der Waals surface area (Å²) >= 11 is 1.37. The zero-order chi connectivity index (χ0) is 20.6. The number of hydrogen-bond donors (Lipinski definition) is 3. The number of carbonyl (C=O) groups excluding carboxylic acids is 1. The number of hydrogen-bond acceptors (Lipinski definition) is 8. The first kappa shape index (κ1) is 20.2. The van der Waals surface area contributed by atoms with Gasteiger partial charge in [0.1, 0.15) is 11.7 Å². The van der Waals surface area contributed by atoms with Gasteiger partial charge in [-0.2, -0.15) is 0 Å². The molecule has 0 aliphatic heterocycles. The Morgan fingerprint density at radius 2 is 2.07 bits per heavy atom. The SMILES string of the molecule is CCCCOc1noc2c1C(=O)[C@@]1(O)[C@H](O)[C@H](Sc3ccccc3)C=C[C@H]1[C@@H]2N. The fourth-order valence-corrected chi connectivity index (χ4v) is 5.00. The van der Waals surface area contributed by atoms with Gasteiger partial charge in [0, 0.05) is 10.8 Å². The van der Waals surface area contributed by atoms with E-state index in [2.05, 4.69) is 5.16 Å². The van der Waals surface area contributed by atoms with Crippen LogP contribution in [0.2, 0.25) is 0 Å². The molecule has 29 heavy (non-hydrogen) atoms. The Balaban J connectivity index is 1.67. The summed E-state index contributed by atoms with van der Waals surface area (Å²) in [6.07, 6.45) is 3.83. The van der Waals surface area contributed by atoms with Crippen LogP contribution in [0.25, 0.3) is 0 Å². The minimum atomic E-state index is -2.08. The van der Waals surface area contributed by atoms with Gasteiger partial charge in [0.05, 0.1) is 17.9 Å². The van der Waals surface area contributed by atoms with Crippen molar-refractivity contribution in [3.05, 3.63) is 53.8 Å². The molecular formula is C21H24N2O5S. The number of unbranched alkanes of at least 4 members (excludes halogenated alkanes) is 1. The van der Waals surface area contributed by atoms with E-state index in [-0.39, 0.29) is 17.2 Å². The summed E-state index contributed by atoms with van der Waals surface area (Å²) in [5.74, 6) is -1.28. The number of aliphatic hydroxyl groups is 2. The molecule has 1 aromatic heterocycles. The van der Waals surface area contributed by atoms with Crippen LogP contribution < -0.4 is 10.5 Å². The monoisotopic (exact) mass is 416 g/mol. The van der Waals surface area contributed by atoms with Crippen LogP contribution in [0.1, 0.15) is 41.9 Å². The second-order valence-corrected chi connectivity index (χ2v) is 8.61. The summed E-state index contributed by atoms with van der Waals surface area (Å²) in [6.45, 7) is 2.39. The summed E-state index contributed by atoms with van der Waals surface area (Å²) in [6, 6.07) is 8.68. The van der Waals surface area contributed by atoms with E-state index in [1.807, 2.05) is 37.3 Å². The van der Waals surface area contributed by atoms with Crippen LogP contribution >= 0.6 is 11.8 Å². The molecule has 4 N–H and O–H groups in total. The predicted molar refractivity (Wildman–Crippen MR) is 108 cm³/mol. The van der Waals surface area contributed by atoms with Crippen LogP contribution in [0.5, 0.6) is 5.88 Å². The van der Waals surface area contributed by atoms with Crippen molar-refractivity contribution in [1.29, 1.82) is 0 Å². The molecule has 0 amide bonds. The lowest BCUT2D eigenvalue weighted by Crippen LogP contribution is -2.64. The van der Waals surface area contributed by atoms with Crippen LogP contribution in [-0.4, -0.2) is 44.7 Å². The highest BCUT2D eigenvalue weighted by Crippen LogP contribution is 2.49. The molecule has 0 bridgehead atoms. The Morgan fingerprint density at radius 3 is 2.79 bits per heavy atom.